The highest BCUT2D eigenvalue weighted by Gasteiger charge is 2.29. The molecule has 2 aromatic rings. The minimum atomic E-state index is -3.56. The van der Waals surface area contributed by atoms with Gasteiger partial charge in [0.05, 0.1) is 4.90 Å². The van der Waals surface area contributed by atoms with Gasteiger partial charge in [-0.15, -0.1) is 0 Å². The molecule has 1 amide bonds. The number of rotatable bonds is 6. The van der Waals surface area contributed by atoms with Gasteiger partial charge in [-0.1, -0.05) is 6.92 Å². The first-order valence-corrected chi connectivity index (χ1v) is 12.7. The number of fused-ring (bicyclic) bond motifs is 1. The molecule has 1 aromatic carbocycles. The Hall–Kier alpha value is -1.90. The van der Waals surface area contributed by atoms with Crippen LogP contribution in [-0.2, 0) is 14.8 Å². The molecule has 2 saturated heterocycles. The fourth-order valence-electron chi connectivity index (χ4n) is 4.60. The molecule has 1 atom stereocenters. The Balaban J connectivity index is 1.49. The summed E-state index contributed by atoms with van der Waals surface area (Å²) in [5, 5.41) is 3.62. The number of benzene rings is 1. The number of carbonyl (C=O) groups is 1. The van der Waals surface area contributed by atoms with E-state index in [4.69, 9.17) is 9.15 Å². The van der Waals surface area contributed by atoms with Crippen molar-refractivity contribution < 1.29 is 22.4 Å². The number of piperidine rings is 1. The first kappa shape index (κ1) is 22.3. The summed E-state index contributed by atoms with van der Waals surface area (Å²) in [7, 11) is -3.56. The van der Waals surface area contributed by atoms with Crippen molar-refractivity contribution in [1.82, 2.24) is 9.62 Å². The molecule has 0 aliphatic carbocycles. The Kier molecular flexibility index (Phi) is 6.69. The zero-order chi connectivity index (χ0) is 22.0. The lowest BCUT2D eigenvalue weighted by atomic mass is 9.97. The highest BCUT2D eigenvalue weighted by molar-refractivity contribution is 7.89. The highest BCUT2D eigenvalue weighted by Crippen LogP contribution is 2.30. The number of aryl methyl sites for hydroxylation is 1. The number of furan rings is 1. The van der Waals surface area contributed by atoms with Crippen LogP contribution in [0.5, 0.6) is 0 Å². The minimum absolute atomic E-state index is 0.253. The van der Waals surface area contributed by atoms with Gasteiger partial charge in [-0.2, -0.15) is 4.31 Å². The molecule has 7 nitrogen and oxygen atoms in total. The average Bonchev–Trinajstić information content (AvgIpc) is 3.10. The molecule has 4 rings (SSSR count). The zero-order valence-electron chi connectivity index (χ0n) is 18.4. The normalized spacial score (nSPS) is 21.4. The van der Waals surface area contributed by atoms with E-state index in [0.717, 1.165) is 45.3 Å². The third kappa shape index (κ3) is 4.81. The van der Waals surface area contributed by atoms with E-state index in [1.165, 1.54) is 0 Å². The van der Waals surface area contributed by atoms with E-state index in [9.17, 15) is 13.2 Å². The van der Waals surface area contributed by atoms with Crippen molar-refractivity contribution in [3.8, 4) is 0 Å². The number of amides is 1. The monoisotopic (exact) mass is 448 g/mol. The van der Waals surface area contributed by atoms with Gasteiger partial charge in [-0.25, -0.2) is 8.42 Å². The molecule has 0 spiro atoms. The van der Waals surface area contributed by atoms with Crippen LogP contribution < -0.4 is 5.32 Å². The number of ether oxygens (including phenoxy) is 1. The summed E-state index contributed by atoms with van der Waals surface area (Å²) in [5.74, 6) is 0.939. The molecule has 2 fully saturated rings. The first-order chi connectivity index (χ1) is 14.9. The summed E-state index contributed by atoms with van der Waals surface area (Å²) in [6.45, 7) is 7.16. The van der Waals surface area contributed by atoms with Gasteiger partial charge in [-0.3, -0.25) is 4.79 Å². The van der Waals surface area contributed by atoms with Gasteiger partial charge in [0.1, 0.15) is 5.58 Å². The van der Waals surface area contributed by atoms with Gasteiger partial charge in [-0.05, 0) is 69.1 Å². The van der Waals surface area contributed by atoms with Crippen molar-refractivity contribution in [3.63, 3.8) is 0 Å². The number of hydrogen-bond acceptors (Lipinski definition) is 5. The largest absolute Gasteiger partial charge is 0.451 e. The van der Waals surface area contributed by atoms with Gasteiger partial charge in [0.2, 0.25) is 10.0 Å². The predicted octanol–water partition coefficient (Wildman–Crippen LogP) is 3.71. The molecule has 1 N–H and O–H groups in total. The molecular formula is C23H32N2O5S. The third-order valence-corrected chi connectivity index (χ3v) is 8.41. The van der Waals surface area contributed by atoms with Crippen molar-refractivity contribution >= 4 is 26.9 Å². The van der Waals surface area contributed by atoms with E-state index < -0.39 is 10.0 Å². The highest BCUT2D eigenvalue weighted by atomic mass is 32.2. The molecule has 0 bridgehead atoms. The Morgan fingerprint density at radius 2 is 2.00 bits per heavy atom. The summed E-state index contributed by atoms with van der Waals surface area (Å²) in [5.41, 5.74) is 1.20. The Labute approximate surface area is 184 Å². The molecule has 0 saturated carbocycles. The van der Waals surface area contributed by atoms with Crippen LogP contribution in [0.4, 0.5) is 0 Å². The maximum absolute atomic E-state index is 13.1. The van der Waals surface area contributed by atoms with Crippen LogP contribution in [0.15, 0.2) is 27.5 Å². The van der Waals surface area contributed by atoms with E-state index in [2.05, 4.69) is 12.2 Å². The quantitative estimate of drug-likeness (QED) is 0.728. The summed E-state index contributed by atoms with van der Waals surface area (Å²) in [4.78, 5) is 12.9. The number of nitrogens with one attached hydrogen (secondary N) is 1. The van der Waals surface area contributed by atoms with Crippen LogP contribution in [0.1, 0.15) is 55.1 Å². The SMILES string of the molecule is Cc1c(C(=O)NCCC2CCOCC2)oc2ccc(S(=O)(=O)N3CCCC(C)C3)cc12. The molecule has 2 aliphatic rings. The van der Waals surface area contributed by atoms with Gasteiger partial charge in [0, 0.05) is 43.8 Å². The fraction of sp³-hybridized carbons (Fsp3) is 0.609. The van der Waals surface area contributed by atoms with Crippen molar-refractivity contribution in [1.29, 1.82) is 0 Å². The van der Waals surface area contributed by atoms with Gasteiger partial charge in [0.15, 0.2) is 5.76 Å². The van der Waals surface area contributed by atoms with Crippen LogP contribution in [0.2, 0.25) is 0 Å². The van der Waals surface area contributed by atoms with E-state index in [1.807, 2.05) is 0 Å². The summed E-state index contributed by atoms with van der Waals surface area (Å²) < 4.78 is 39.0. The molecule has 3 heterocycles. The van der Waals surface area contributed by atoms with Crippen molar-refractivity contribution in [2.75, 3.05) is 32.8 Å². The molecule has 0 radical (unpaired) electrons. The lowest BCUT2D eigenvalue weighted by Gasteiger charge is -2.30. The first-order valence-electron chi connectivity index (χ1n) is 11.3. The topological polar surface area (TPSA) is 88.8 Å². The Morgan fingerprint density at radius 1 is 1.23 bits per heavy atom. The van der Waals surface area contributed by atoms with E-state index in [-0.39, 0.29) is 16.6 Å². The average molecular weight is 449 g/mol. The molecule has 170 valence electrons. The van der Waals surface area contributed by atoms with E-state index >= 15 is 0 Å². The Bertz CT molecular complexity index is 1040. The van der Waals surface area contributed by atoms with E-state index in [1.54, 1.807) is 29.4 Å². The maximum Gasteiger partial charge on any atom is 0.287 e. The molecule has 2 aliphatic heterocycles. The summed E-state index contributed by atoms with van der Waals surface area (Å²) >= 11 is 0. The smallest absolute Gasteiger partial charge is 0.287 e. The van der Waals surface area contributed by atoms with Crippen molar-refractivity contribution in [2.45, 2.75) is 50.8 Å². The second-order valence-corrected chi connectivity index (χ2v) is 10.9. The third-order valence-electron chi connectivity index (χ3n) is 6.55. The number of nitrogens with zero attached hydrogens (tertiary/aromatic N) is 1. The lowest BCUT2D eigenvalue weighted by molar-refractivity contribution is 0.0635. The molecule has 1 unspecified atom stereocenters. The minimum Gasteiger partial charge on any atom is -0.451 e. The Morgan fingerprint density at radius 3 is 2.74 bits per heavy atom. The number of carbonyl (C=O) groups excluding carboxylic acids is 1. The van der Waals surface area contributed by atoms with Crippen LogP contribution in [0.3, 0.4) is 0 Å². The van der Waals surface area contributed by atoms with Crippen LogP contribution in [-0.4, -0.2) is 51.5 Å². The second-order valence-electron chi connectivity index (χ2n) is 8.92. The van der Waals surface area contributed by atoms with Crippen LogP contribution in [0, 0.1) is 18.8 Å². The molecular weight excluding hydrogens is 416 g/mol. The van der Waals surface area contributed by atoms with Gasteiger partial charge in [0.25, 0.3) is 5.91 Å². The van der Waals surface area contributed by atoms with Crippen LogP contribution >= 0.6 is 0 Å². The maximum atomic E-state index is 13.1. The second kappa shape index (κ2) is 9.30. The number of hydrogen-bond donors (Lipinski definition) is 1. The zero-order valence-corrected chi connectivity index (χ0v) is 19.2. The van der Waals surface area contributed by atoms with Crippen molar-refractivity contribution in [3.05, 3.63) is 29.5 Å². The molecule has 31 heavy (non-hydrogen) atoms. The van der Waals surface area contributed by atoms with Crippen LogP contribution in [0.25, 0.3) is 11.0 Å². The summed E-state index contributed by atoms with van der Waals surface area (Å²) in [6.07, 6.45) is 4.93. The fourth-order valence-corrected chi connectivity index (χ4v) is 6.22. The standard InChI is InChI=1S/C23H32N2O5S/c1-16-4-3-11-25(15-16)31(27,28)19-5-6-21-20(14-19)17(2)22(30-21)23(26)24-10-7-18-8-12-29-13-9-18/h5-6,14,16,18H,3-4,7-13,15H2,1-2H3,(H,24,26). The lowest BCUT2D eigenvalue weighted by Crippen LogP contribution is -2.39. The van der Waals surface area contributed by atoms with Gasteiger partial charge >= 0.3 is 0 Å². The number of sulfonamides is 1. The molecule has 1 aromatic heterocycles. The summed E-state index contributed by atoms with van der Waals surface area (Å²) in [6, 6.07) is 4.87. The van der Waals surface area contributed by atoms with Gasteiger partial charge < -0.3 is 14.5 Å². The van der Waals surface area contributed by atoms with Crippen molar-refractivity contribution in [2.24, 2.45) is 11.8 Å². The molecule has 8 heteroatoms. The predicted molar refractivity (Wildman–Crippen MR) is 119 cm³/mol. The van der Waals surface area contributed by atoms with E-state index in [0.29, 0.717) is 48.0 Å².